The van der Waals surface area contributed by atoms with E-state index in [1.807, 2.05) is 6.07 Å². The van der Waals surface area contributed by atoms with Gasteiger partial charge in [-0.15, -0.1) is 0 Å². The molecule has 4 aliphatic heterocycles. The predicted octanol–water partition coefficient (Wildman–Crippen LogP) is 2.83. The predicted molar refractivity (Wildman–Crippen MR) is 87.8 cm³/mol. The minimum Gasteiger partial charge on any atom is -0.633 e. The van der Waals surface area contributed by atoms with Crippen molar-refractivity contribution >= 4 is 0 Å². The van der Waals surface area contributed by atoms with Crippen molar-refractivity contribution < 1.29 is 23.6 Å². The molecule has 3 atom stereocenters. The molecule has 2 aromatic carbocycles. The molecule has 25 heavy (non-hydrogen) atoms. The Labute approximate surface area is 144 Å². The summed E-state index contributed by atoms with van der Waals surface area (Å²) in [6.45, 7) is 1.02. The fourth-order valence-corrected chi connectivity index (χ4v) is 4.72. The first-order valence-electron chi connectivity index (χ1n) is 8.52. The van der Waals surface area contributed by atoms with Crippen molar-refractivity contribution in [2.75, 3.05) is 27.2 Å². The van der Waals surface area contributed by atoms with Crippen LogP contribution in [0.15, 0.2) is 24.3 Å². The standard InChI is InChI=1S/C19H17NO5/c1-20(21)7-14-11-4-17-16(22-8-23-17)3-10(11)2-15(20)13-6-19-18(5-12(13)14)24-9-25-19/h3-6,14-15H,2,7-9H2,1H3/t14-,15+,20?/m0/s1. The van der Waals surface area contributed by atoms with Gasteiger partial charge in [-0.3, -0.25) is 0 Å². The summed E-state index contributed by atoms with van der Waals surface area (Å²) in [4.78, 5) is 0. The molecular weight excluding hydrogens is 322 g/mol. The van der Waals surface area contributed by atoms with Crippen LogP contribution in [0.2, 0.25) is 0 Å². The number of quaternary nitrogens is 1. The van der Waals surface area contributed by atoms with Crippen LogP contribution in [0.25, 0.3) is 0 Å². The first-order chi connectivity index (χ1) is 12.1. The summed E-state index contributed by atoms with van der Waals surface area (Å²) in [5.41, 5.74) is 4.61. The Balaban J connectivity index is 1.61. The maximum Gasteiger partial charge on any atom is 0.231 e. The van der Waals surface area contributed by atoms with E-state index in [0.717, 1.165) is 28.6 Å². The quantitative estimate of drug-likeness (QED) is 0.546. The lowest BCUT2D eigenvalue weighted by Gasteiger charge is -2.49. The molecule has 0 N–H and O–H groups in total. The third kappa shape index (κ3) is 1.75. The van der Waals surface area contributed by atoms with Gasteiger partial charge in [0.05, 0.1) is 19.5 Å². The molecule has 0 saturated carbocycles. The van der Waals surface area contributed by atoms with Gasteiger partial charge in [-0.1, -0.05) is 0 Å². The topological polar surface area (TPSA) is 60.0 Å². The molecule has 1 unspecified atom stereocenters. The summed E-state index contributed by atoms with van der Waals surface area (Å²) < 4.78 is 22.0. The molecule has 6 nitrogen and oxygen atoms in total. The van der Waals surface area contributed by atoms with E-state index in [9.17, 15) is 5.21 Å². The maximum atomic E-state index is 13.3. The van der Waals surface area contributed by atoms with Gasteiger partial charge in [0.1, 0.15) is 6.04 Å². The van der Waals surface area contributed by atoms with Gasteiger partial charge < -0.3 is 28.8 Å². The van der Waals surface area contributed by atoms with Crippen molar-refractivity contribution in [1.82, 2.24) is 0 Å². The van der Waals surface area contributed by atoms with Crippen LogP contribution < -0.4 is 18.9 Å². The van der Waals surface area contributed by atoms with Gasteiger partial charge >= 0.3 is 0 Å². The van der Waals surface area contributed by atoms with Crippen LogP contribution in [0.4, 0.5) is 0 Å². The third-order valence-corrected chi connectivity index (χ3v) is 5.94. The number of nitrogens with zero attached hydrogens (tertiary/aromatic N) is 1. The molecule has 5 aliphatic rings. The average Bonchev–Trinajstić information content (AvgIpc) is 3.18. The SMILES string of the molecule is C[N+]1([O-])C[C@H]2c3cc4c(cc3C[C@@H]1c1cc3c(cc12)OCO3)OCO4. The highest BCUT2D eigenvalue weighted by atomic mass is 16.7. The normalized spacial score (nSPS) is 30.0. The van der Waals surface area contributed by atoms with E-state index in [0.29, 0.717) is 13.0 Å². The molecule has 7 rings (SSSR count). The molecule has 0 saturated heterocycles. The van der Waals surface area contributed by atoms with E-state index in [1.165, 1.54) is 16.7 Å². The Morgan fingerprint density at radius 1 is 0.840 bits per heavy atom. The van der Waals surface area contributed by atoms with Crippen LogP contribution in [0.5, 0.6) is 23.0 Å². The molecule has 2 aromatic rings. The molecule has 0 aromatic heterocycles. The zero-order valence-electron chi connectivity index (χ0n) is 13.8. The van der Waals surface area contributed by atoms with E-state index >= 15 is 0 Å². The fourth-order valence-electron chi connectivity index (χ4n) is 4.72. The number of hydroxylamine groups is 3. The first kappa shape index (κ1) is 13.8. The van der Waals surface area contributed by atoms with Crippen molar-refractivity contribution in [3.8, 4) is 23.0 Å². The minimum atomic E-state index is -0.279. The van der Waals surface area contributed by atoms with Gasteiger partial charge in [-0.2, -0.15) is 0 Å². The summed E-state index contributed by atoms with van der Waals surface area (Å²) in [6, 6.07) is 8.03. The van der Waals surface area contributed by atoms with Crippen LogP contribution in [0.1, 0.15) is 34.2 Å². The molecule has 0 radical (unpaired) electrons. The third-order valence-electron chi connectivity index (χ3n) is 5.94. The molecular formula is C19H17NO5. The maximum absolute atomic E-state index is 13.3. The smallest absolute Gasteiger partial charge is 0.231 e. The summed E-state index contributed by atoms with van der Waals surface area (Å²) >= 11 is 0. The van der Waals surface area contributed by atoms with E-state index in [4.69, 9.17) is 18.9 Å². The van der Waals surface area contributed by atoms with Crippen molar-refractivity contribution in [1.29, 1.82) is 0 Å². The Hall–Kier alpha value is -2.44. The average molecular weight is 339 g/mol. The zero-order valence-corrected chi connectivity index (χ0v) is 13.8. The molecule has 0 fully saturated rings. The van der Waals surface area contributed by atoms with E-state index < -0.39 is 0 Å². The van der Waals surface area contributed by atoms with Crippen LogP contribution in [-0.2, 0) is 6.42 Å². The van der Waals surface area contributed by atoms with Gasteiger partial charge in [0.15, 0.2) is 23.0 Å². The van der Waals surface area contributed by atoms with Crippen LogP contribution in [0, 0.1) is 5.21 Å². The summed E-state index contributed by atoms with van der Waals surface area (Å²) in [6.07, 6.45) is 0.690. The van der Waals surface area contributed by atoms with E-state index in [1.54, 1.807) is 7.05 Å². The zero-order chi connectivity index (χ0) is 16.8. The lowest BCUT2D eigenvalue weighted by Crippen LogP contribution is -2.47. The van der Waals surface area contributed by atoms with Gasteiger partial charge in [0.25, 0.3) is 0 Å². The Bertz CT molecular complexity index is 923. The second-order valence-electron chi connectivity index (χ2n) is 7.37. The number of rotatable bonds is 0. The highest BCUT2D eigenvalue weighted by Gasteiger charge is 2.45. The second-order valence-corrected chi connectivity index (χ2v) is 7.37. The highest BCUT2D eigenvalue weighted by molar-refractivity contribution is 5.59. The van der Waals surface area contributed by atoms with Crippen LogP contribution in [-0.4, -0.2) is 31.8 Å². The Kier molecular flexibility index (Phi) is 2.42. The lowest BCUT2D eigenvalue weighted by atomic mass is 9.83. The lowest BCUT2D eigenvalue weighted by molar-refractivity contribution is -0.895. The van der Waals surface area contributed by atoms with Crippen LogP contribution >= 0.6 is 0 Å². The van der Waals surface area contributed by atoms with Gasteiger partial charge in [-0.05, 0) is 41.0 Å². The molecule has 6 heteroatoms. The highest BCUT2D eigenvalue weighted by Crippen LogP contribution is 2.53. The van der Waals surface area contributed by atoms with Gasteiger partial charge in [0.2, 0.25) is 13.6 Å². The Morgan fingerprint density at radius 2 is 1.40 bits per heavy atom. The summed E-state index contributed by atoms with van der Waals surface area (Å²) in [5.74, 6) is 3.08. The number of ether oxygens (including phenoxy) is 4. The first-order valence-corrected chi connectivity index (χ1v) is 8.52. The van der Waals surface area contributed by atoms with Gasteiger partial charge in [0, 0.05) is 12.0 Å². The fraction of sp³-hybridized carbons (Fsp3) is 0.368. The number of likely N-dealkylation sites (N-methyl/N-ethyl adjacent to an activating group) is 1. The Morgan fingerprint density at radius 3 is 2.08 bits per heavy atom. The molecule has 1 aliphatic carbocycles. The number of hydrogen-bond acceptors (Lipinski definition) is 5. The number of fused-ring (bicyclic) bond motifs is 3. The molecule has 4 heterocycles. The minimum absolute atomic E-state index is 0.0234. The monoisotopic (exact) mass is 339 g/mol. The molecule has 2 bridgehead atoms. The molecule has 128 valence electrons. The summed E-state index contributed by atoms with van der Waals surface area (Å²) in [5, 5.41) is 13.3. The van der Waals surface area contributed by atoms with Crippen molar-refractivity contribution in [2.45, 2.75) is 18.4 Å². The van der Waals surface area contributed by atoms with Crippen molar-refractivity contribution in [3.63, 3.8) is 0 Å². The number of benzene rings is 2. The number of hydrogen-bond donors (Lipinski definition) is 0. The van der Waals surface area contributed by atoms with Gasteiger partial charge in [-0.25, -0.2) is 0 Å². The largest absolute Gasteiger partial charge is 0.633 e. The van der Waals surface area contributed by atoms with Crippen LogP contribution in [0.3, 0.4) is 0 Å². The molecule has 0 spiro atoms. The molecule has 0 amide bonds. The summed E-state index contributed by atoms with van der Waals surface area (Å²) in [7, 11) is 1.78. The van der Waals surface area contributed by atoms with Crippen molar-refractivity contribution in [3.05, 3.63) is 51.7 Å². The second kappa shape index (κ2) is 4.39. The van der Waals surface area contributed by atoms with E-state index in [2.05, 4.69) is 18.2 Å². The van der Waals surface area contributed by atoms with Crippen molar-refractivity contribution in [2.24, 2.45) is 0 Å². The van der Waals surface area contributed by atoms with E-state index in [-0.39, 0.29) is 30.2 Å².